The first-order valence-corrected chi connectivity index (χ1v) is 9.45. The third-order valence-electron chi connectivity index (χ3n) is 3.37. The highest BCUT2D eigenvalue weighted by molar-refractivity contribution is 7.51. The molecule has 1 aromatic rings. The zero-order valence-electron chi connectivity index (χ0n) is 13.4. The number of amides is 3. The van der Waals surface area contributed by atoms with Gasteiger partial charge in [0.25, 0.3) is 0 Å². The van der Waals surface area contributed by atoms with Crippen LogP contribution in [0.15, 0.2) is 24.3 Å². The molecule has 1 atom stereocenters. The number of hydrogen-bond donors (Lipinski definition) is 2. The van der Waals surface area contributed by atoms with Crippen molar-refractivity contribution in [3.8, 4) is 0 Å². The first kappa shape index (κ1) is 18.6. The van der Waals surface area contributed by atoms with Gasteiger partial charge in [0.2, 0.25) is 5.91 Å². The van der Waals surface area contributed by atoms with Gasteiger partial charge in [-0.3, -0.25) is 14.7 Å². The van der Waals surface area contributed by atoms with Crippen molar-refractivity contribution < 1.29 is 28.6 Å². The molecule has 1 saturated heterocycles. The van der Waals surface area contributed by atoms with Gasteiger partial charge in [-0.1, -0.05) is 37.6 Å². The van der Waals surface area contributed by atoms with E-state index in [0.717, 1.165) is 18.4 Å². The molecule has 1 fully saturated rings. The van der Waals surface area contributed by atoms with E-state index in [1.54, 1.807) is 24.3 Å². The molecule has 9 heteroatoms. The summed E-state index contributed by atoms with van der Waals surface area (Å²) in [5, 5.41) is 2.20. The van der Waals surface area contributed by atoms with Crippen LogP contribution in [-0.4, -0.2) is 34.9 Å². The first-order valence-electron chi connectivity index (χ1n) is 7.69. The summed E-state index contributed by atoms with van der Waals surface area (Å²) >= 11 is 0. The second-order valence-corrected chi connectivity index (χ2v) is 7.32. The molecule has 2 N–H and O–H groups in total. The van der Waals surface area contributed by atoms with E-state index in [-0.39, 0.29) is 31.8 Å². The van der Waals surface area contributed by atoms with E-state index in [9.17, 15) is 19.0 Å². The number of carbonyl (C=O) groups is 2. The van der Waals surface area contributed by atoms with E-state index in [2.05, 4.69) is 9.99 Å². The monoisotopic (exact) mass is 356 g/mol. The second kappa shape index (κ2) is 8.39. The van der Waals surface area contributed by atoms with Crippen molar-refractivity contribution in [1.29, 1.82) is 0 Å². The Morgan fingerprint density at radius 3 is 2.75 bits per heavy atom. The molecule has 132 valence electrons. The molecular weight excluding hydrogens is 335 g/mol. The molecule has 0 aromatic heterocycles. The molecule has 1 aliphatic rings. The number of rotatable bonds is 9. The maximum atomic E-state index is 12.0. The van der Waals surface area contributed by atoms with Crippen LogP contribution in [0.4, 0.5) is 4.79 Å². The van der Waals surface area contributed by atoms with Crippen molar-refractivity contribution in [3.05, 3.63) is 35.4 Å². The molecule has 24 heavy (non-hydrogen) atoms. The number of nitrogens with one attached hydrogen (secondary N) is 1. The standard InChI is InChI=1S/C15H21N2O6P/c1-2-3-7-22-23-24(20,21)11-13-6-4-5-12(8-13)9-17-10-14(18)16-15(17)19/h4-6,8H,2-3,7,9-11H2,1H3,(H,20,21)(H,16,18,19). The minimum absolute atomic E-state index is 0.00985. The summed E-state index contributed by atoms with van der Waals surface area (Å²) in [5.41, 5.74) is 1.34. The van der Waals surface area contributed by atoms with Gasteiger partial charge in [0.1, 0.15) is 6.54 Å². The van der Waals surface area contributed by atoms with E-state index in [1.165, 1.54) is 4.90 Å². The molecule has 2 rings (SSSR count). The van der Waals surface area contributed by atoms with Gasteiger partial charge < -0.3 is 9.79 Å². The van der Waals surface area contributed by atoms with Crippen molar-refractivity contribution >= 4 is 19.5 Å². The Kier molecular flexibility index (Phi) is 6.51. The summed E-state index contributed by atoms with van der Waals surface area (Å²) in [4.78, 5) is 38.7. The number of nitrogens with zero attached hydrogens (tertiary/aromatic N) is 1. The predicted molar refractivity (Wildman–Crippen MR) is 85.9 cm³/mol. The van der Waals surface area contributed by atoms with Gasteiger partial charge >= 0.3 is 13.6 Å². The van der Waals surface area contributed by atoms with Crippen LogP contribution >= 0.6 is 7.60 Å². The molecule has 8 nitrogen and oxygen atoms in total. The highest BCUT2D eigenvalue weighted by Gasteiger charge is 2.27. The minimum atomic E-state index is -3.90. The van der Waals surface area contributed by atoms with E-state index in [0.29, 0.717) is 5.56 Å². The quantitative estimate of drug-likeness (QED) is 0.231. The van der Waals surface area contributed by atoms with Crippen LogP contribution in [0, 0.1) is 0 Å². The van der Waals surface area contributed by atoms with Crippen LogP contribution in [0.3, 0.4) is 0 Å². The van der Waals surface area contributed by atoms with Gasteiger partial charge in [-0.25, -0.2) is 9.68 Å². The highest BCUT2D eigenvalue weighted by Crippen LogP contribution is 2.46. The van der Waals surface area contributed by atoms with E-state index >= 15 is 0 Å². The van der Waals surface area contributed by atoms with Crippen molar-refractivity contribution in [2.24, 2.45) is 0 Å². The lowest BCUT2D eigenvalue weighted by molar-refractivity contribution is -0.213. The molecule has 0 spiro atoms. The second-order valence-electron chi connectivity index (χ2n) is 5.57. The zero-order valence-corrected chi connectivity index (χ0v) is 14.3. The van der Waals surface area contributed by atoms with Gasteiger partial charge in [0.15, 0.2) is 0 Å². The number of urea groups is 1. The Morgan fingerprint density at radius 1 is 1.33 bits per heavy atom. The third kappa shape index (κ3) is 5.72. The molecule has 1 unspecified atom stereocenters. The molecule has 0 radical (unpaired) electrons. The average Bonchev–Trinajstić information content (AvgIpc) is 2.81. The Balaban J connectivity index is 1.93. The van der Waals surface area contributed by atoms with Crippen molar-refractivity contribution in [3.63, 3.8) is 0 Å². The molecule has 0 aliphatic carbocycles. The van der Waals surface area contributed by atoms with Crippen LogP contribution in [-0.2, 0) is 31.6 Å². The number of carbonyl (C=O) groups excluding carboxylic acids is 2. The molecule has 3 amide bonds. The van der Waals surface area contributed by atoms with Crippen LogP contribution in [0.1, 0.15) is 30.9 Å². The summed E-state index contributed by atoms with van der Waals surface area (Å²) in [5.74, 6) is -0.339. The maximum Gasteiger partial charge on any atom is 0.359 e. The Morgan fingerprint density at radius 2 is 2.08 bits per heavy atom. The topological polar surface area (TPSA) is 105 Å². The Bertz CT molecular complexity index is 651. The Hall–Kier alpha value is -1.73. The van der Waals surface area contributed by atoms with E-state index in [4.69, 9.17) is 4.89 Å². The smallest absolute Gasteiger partial charge is 0.323 e. The third-order valence-corrected chi connectivity index (χ3v) is 4.47. The summed E-state index contributed by atoms with van der Waals surface area (Å²) in [7, 11) is -3.90. The fourth-order valence-corrected chi connectivity index (χ4v) is 3.19. The van der Waals surface area contributed by atoms with E-state index in [1.807, 2.05) is 6.92 Å². The number of benzene rings is 1. The van der Waals surface area contributed by atoms with Crippen molar-refractivity contribution in [2.75, 3.05) is 13.2 Å². The molecule has 0 saturated carbocycles. The minimum Gasteiger partial charge on any atom is -0.323 e. The van der Waals surface area contributed by atoms with Crippen LogP contribution in [0.2, 0.25) is 0 Å². The SMILES string of the molecule is CCCCOOP(=O)(O)Cc1cccc(CN2CC(=O)NC2=O)c1. The lowest BCUT2D eigenvalue weighted by atomic mass is 10.1. The van der Waals surface area contributed by atoms with Crippen LogP contribution in [0.25, 0.3) is 0 Å². The zero-order chi connectivity index (χ0) is 17.6. The van der Waals surface area contributed by atoms with Crippen molar-refractivity contribution in [1.82, 2.24) is 10.2 Å². The summed E-state index contributed by atoms with van der Waals surface area (Å²) in [6.45, 7) is 2.49. The number of unbranched alkanes of at least 4 members (excludes halogenated alkanes) is 1. The largest absolute Gasteiger partial charge is 0.359 e. The molecule has 1 aromatic carbocycles. The molecule has 1 heterocycles. The van der Waals surface area contributed by atoms with Gasteiger partial charge in [-0.2, -0.15) is 0 Å². The fraction of sp³-hybridized carbons (Fsp3) is 0.467. The lowest BCUT2D eigenvalue weighted by Crippen LogP contribution is -2.27. The van der Waals surface area contributed by atoms with Gasteiger partial charge in [0, 0.05) is 6.54 Å². The predicted octanol–water partition coefficient (Wildman–Crippen LogP) is 2.17. The Labute approximate surface area is 140 Å². The maximum absolute atomic E-state index is 12.0. The molecule has 1 aliphatic heterocycles. The van der Waals surface area contributed by atoms with Crippen LogP contribution < -0.4 is 5.32 Å². The normalized spacial score (nSPS) is 17.0. The van der Waals surface area contributed by atoms with Gasteiger partial charge in [-0.05, 0) is 17.5 Å². The van der Waals surface area contributed by atoms with E-state index < -0.39 is 13.6 Å². The number of hydrogen-bond acceptors (Lipinski definition) is 5. The van der Waals surface area contributed by atoms with Crippen molar-refractivity contribution in [2.45, 2.75) is 32.5 Å². The summed E-state index contributed by atoms with van der Waals surface area (Å²) < 4.78 is 16.6. The first-order chi connectivity index (χ1) is 11.4. The highest BCUT2D eigenvalue weighted by atomic mass is 31.2. The van der Waals surface area contributed by atoms with Gasteiger partial charge in [-0.15, -0.1) is 4.67 Å². The lowest BCUT2D eigenvalue weighted by Gasteiger charge is -2.15. The molecular formula is C15H21N2O6P. The summed E-state index contributed by atoms with van der Waals surface area (Å²) in [6, 6.07) is 6.45. The van der Waals surface area contributed by atoms with Crippen LogP contribution in [0.5, 0.6) is 0 Å². The average molecular weight is 356 g/mol. The van der Waals surface area contributed by atoms with Gasteiger partial charge in [0.05, 0.1) is 12.8 Å². The molecule has 0 bridgehead atoms. The fourth-order valence-electron chi connectivity index (χ4n) is 2.24. The number of imide groups is 1. The summed E-state index contributed by atoms with van der Waals surface area (Å²) in [6.07, 6.45) is 1.44.